The van der Waals surface area contributed by atoms with Crippen LogP contribution in [-0.2, 0) is 19.1 Å². The Hall–Kier alpha value is -2.58. The van der Waals surface area contributed by atoms with Crippen LogP contribution >= 0.6 is 11.8 Å². The summed E-state index contributed by atoms with van der Waals surface area (Å²) in [7, 11) is 0. The Kier molecular flexibility index (Phi) is 8.72. The maximum absolute atomic E-state index is 14.6. The number of esters is 1. The molecule has 6 atom stereocenters. The van der Waals surface area contributed by atoms with E-state index in [2.05, 4.69) is 20.1 Å². The van der Waals surface area contributed by atoms with E-state index >= 15 is 0 Å². The first kappa shape index (κ1) is 28.4. The van der Waals surface area contributed by atoms with Gasteiger partial charge in [0.05, 0.1) is 23.2 Å². The van der Waals surface area contributed by atoms with Gasteiger partial charge < -0.3 is 19.6 Å². The van der Waals surface area contributed by atoms with E-state index in [-0.39, 0.29) is 42.1 Å². The van der Waals surface area contributed by atoms with Gasteiger partial charge in [-0.15, -0.1) is 24.9 Å². The third kappa shape index (κ3) is 4.60. The highest BCUT2D eigenvalue weighted by Crippen LogP contribution is 2.68. The normalized spacial score (nSPS) is 29.3. The summed E-state index contributed by atoms with van der Waals surface area (Å²) < 4.78 is 4.92. The summed E-state index contributed by atoms with van der Waals surface area (Å²) in [6.07, 6.45) is 6.06. The lowest BCUT2D eigenvalue weighted by Crippen LogP contribution is -2.57. The van der Waals surface area contributed by atoms with Crippen LogP contribution < -0.4 is 4.90 Å². The first-order chi connectivity index (χ1) is 18.2. The molecule has 3 heterocycles. The van der Waals surface area contributed by atoms with Crippen LogP contribution in [0.2, 0.25) is 0 Å². The van der Waals surface area contributed by atoms with Crippen molar-refractivity contribution >= 4 is 35.2 Å². The van der Waals surface area contributed by atoms with E-state index < -0.39 is 22.6 Å². The number of anilines is 1. The number of aryl methyl sites for hydroxylation is 2. The number of nitrogens with zero attached hydrogens (tertiary/aromatic N) is 2. The van der Waals surface area contributed by atoms with Gasteiger partial charge in [-0.3, -0.25) is 14.4 Å². The first-order valence-corrected chi connectivity index (χ1v) is 14.5. The zero-order valence-corrected chi connectivity index (χ0v) is 23.5. The summed E-state index contributed by atoms with van der Waals surface area (Å²) in [6, 6.07) is 5.18. The Morgan fingerprint density at radius 1 is 1.24 bits per heavy atom. The van der Waals surface area contributed by atoms with Crippen LogP contribution in [0.15, 0.2) is 43.5 Å². The van der Waals surface area contributed by atoms with Crippen LogP contribution in [-0.4, -0.2) is 70.1 Å². The van der Waals surface area contributed by atoms with Gasteiger partial charge >= 0.3 is 5.97 Å². The summed E-state index contributed by atoms with van der Waals surface area (Å²) in [6.45, 7) is 14.4. The molecule has 0 radical (unpaired) electrons. The minimum Gasteiger partial charge on any atom is -0.465 e. The molecule has 3 aliphatic rings. The number of unbranched alkanes of at least 4 members (excludes halogenated alkanes) is 1. The summed E-state index contributed by atoms with van der Waals surface area (Å²) in [4.78, 5) is 45.5. The summed E-state index contributed by atoms with van der Waals surface area (Å²) >= 11 is 1.64. The Bertz CT molecular complexity index is 1090. The number of benzene rings is 1. The van der Waals surface area contributed by atoms with Gasteiger partial charge in [-0.05, 0) is 56.6 Å². The lowest BCUT2D eigenvalue weighted by atomic mass is 9.66. The second kappa shape index (κ2) is 11.7. The van der Waals surface area contributed by atoms with Crippen LogP contribution in [0.5, 0.6) is 0 Å². The highest BCUT2D eigenvalue weighted by molar-refractivity contribution is 8.02. The van der Waals surface area contributed by atoms with Crippen LogP contribution in [0, 0.1) is 31.6 Å². The van der Waals surface area contributed by atoms with E-state index in [4.69, 9.17) is 4.74 Å². The number of allylic oxidation sites excluding steroid dienone is 1. The molecule has 206 valence electrons. The zero-order valence-electron chi connectivity index (χ0n) is 22.7. The summed E-state index contributed by atoms with van der Waals surface area (Å²) in [5, 5.41) is 9.55. The van der Waals surface area contributed by atoms with Crippen molar-refractivity contribution in [1.82, 2.24) is 4.90 Å². The molecule has 1 spiro atoms. The summed E-state index contributed by atoms with van der Waals surface area (Å²) in [5.74, 6) is -1.80. The number of hydrogen-bond acceptors (Lipinski definition) is 6. The first-order valence-electron chi connectivity index (χ1n) is 13.6. The van der Waals surface area contributed by atoms with E-state index in [1.165, 1.54) is 0 Å². The maximum Gasteiger partial charge on any atom is 0.310 e. The van der Waals surface area contributed by atoms with E-state index in [0.717, 1.165) is 29.7 Å². The average Bonchev–Trinajstić information content (AvgIpc) is 3.47. The van der Waals surface area contributed by atoms with E-state index in [9.17, 15) is 19.5 Å². The standard InChI is InChI=1S/C30H40N2O5S/c1-6-8-9-17-37-29(36)23-22-18-21(5)30(38-22)24(23)27(34)32(15-11-16-33)26(30)28(35)31(14-7-2)25-19(3)12-10-13-20(25)4/h6-7,10,12-13,21-24,26,33H,1-2,8-9,11,14-18H2,3-5H3/t21?,22-,23+,24+,26?,30?/m1/s1. The number of carbonyl (C=O) groups is 3. The quantitative estimate of drug-likeness (QED) is 0.245. The van der Waals surface area contributed by atoms with Gasteiger partial charge in [0.25, 0.3) is 5.91 Å². The Balaban J connectivity index is 1.75. The molecular weight excluding hydrogens is 500 g/mol. The predicted octanol–water partition coefficient (Wildman–Crippen LogP) is 4.05. The molecule has 3 saturated heterocycles. The fraction of sp³-hybridized carbons (Fsp3) is 0.567. The lowest BCUT2D eigenvalue weighted by Gasteiger charge is -2.41. The van der Waals surface area contributed by atoms with Crippen molar-refractivity contribution in [2.24, 2.45) is 17.8 Å². The van der Waals surface area contributed by atoms with Gasteiger partial charge in [-0.25, -0.2) is 0 Å². The number of aliphatic hydroxyl groups is 1. The number of thioether (sulfide) groups is 1. The number of ether oxygens (including phenoxy) is 1. The third-order valence-corrected chi connectivity index (χ3v) is 10.5. The van der Waals surface area contributed by atoms with Crippen molar-refractivity contribution in [3.05, 3.63) is 54.6 Å². The molecule has 8 heteroatoms. The van der Waals surface area contributed by atoms with Crippen molar-refractivity contribution in [2.45, 2.75) is 62.5 Å². The van der Waals surface area contributed by atoms with E-state index in [0.29, 0.717) is 26.0 Å². The Labute approximate surface area is 230 Å². The number of aliphatic hydroxyl groups excluding tert-OH is 1. The SMILES string of the molecule is C=CCCCOC(=O)[C@@H]1[C@H]2C(=O)N(CCCO)C(C(=O)N(CC=C)c3c(C)cccc3C)C23S[C@@H]1CC3C. The van der Waals surface area contributed by atoms with Gasteiger partial charge in [-0.1, -0.05) is 37.3 Å². The number of rotatable bonds is 12. The number of para-hydroxylation sites is 1. The van der Waals surface area contributed by atoms with Crippen LogP contribution in [0.1, 0.15) is 43.7 Å². The molecule has 0 aromatic heterocycles. The minimum absolute atomic E-state index is 0.0609. The number of likely N-dealkylation sites (tertiary alicyclic amines) is 1. The molecule has 0 saturated carbocycles. The van der Waals surface area contributed by atoms with E-state index in [1.807, 2.05) is 32.0 Å². The average molecular weight is 541 g/mol. The second-order valence-electron chi connectivity index (χ2n) is 10.7. The van der Waals surface area contributed by atoms with Crippen LogP contribution in [0.3, 0.4) is 0 Å². The predicted molar refractivity (Wildman–Crippen MR) is 151 cm³/mol. The highest BCUT2D eigenvalue weighted by Gasteiger charge is 2.76. The van der Waals surface area contributed by atoms with Crippen molar-refractivity contribution in [1.29, 1.82) is 0 Å². The molecule has 38 heavy (non-hydrogen) atoms. The van der Waals surface area contributed by atoms with Crippen molar-refractivity contribution in [3.8, 4) is 0 Å². The molecule has 0 aliphatic carbocycles. The molecule has 1 aromatic rings. The molecule has 2 amide bonds. The van der Waals surface area contributed by atoms with Crippen molar-refractivity contribution in [3.63, 3.8) is 0 Å². The number of amides is 2. The fourth-order valence-corrected chi connectivity index (χ4v) is 9.25. The zero-order chi connectivity index (χ0) is 27.6. The highest BCUT2D eigenvalue weighted by atomic mass is 32.2. The second-order valence-corrected chi connectivity index (χ2v) is 12.3. The van der Waals surface area contributed by atoms with Gasteiger partial charge in [0.15, 0.2) is 0 Å². The monoisotopic (exact) mass is 540 g/mol. The van der Waals surface area contributed by atoms with Crippen molar-refractivity contribution in [2.75, 3.05) is 31.2 Å². The number of carbonyl (C=O) groups excluding carboxylic acids is 3. The number of hydrogen-bond donors (Lipinski definition) is 1. The molecule has 3 unspecified atom stereocenters. The van der Waals surface area contributed by atoms with Gasteiger partial charge in [-0.2, -0.15) is 0 Å². The smallest absolute Gasteiger partial charge is 0.310 e. The van der Waals surface area contributed by atoms with Crippen LogP contribution in [0.4, 0.5) is 5.69 Å². The maximum atomic E-state index is 14.6. The van der Waals surface area contributed by atoms with Gasteiger partial charge in [0.2, 0.25) is 5.91 Å². The lowest BCUT2D eigenvalue weighted by molar-refractivity contribution is -0.154. The van der Waals surface area contributed by atoms with Crippen LogP contribution in [0.25, 0.3) is 0 Å². The van der Waals surface area contributed by atoms with Gasteiger partial charge in [0, 0.05) is 30.6 Å². The molecule has 1 aromatic carbocycles. The molecular formula is C30H40N2O5S. The summed E-state index contributed by atoms with van der Waals surface area (Å²) in [5.41, 5.74) is 2.77. The van der Waals surface area contributed by atoms with E-state index in [1.54, 1.807) is 33.7 Å². The fourth-order valence-electron chi connectivity index (χ4n) is 6.84. The van der Waals surface area contributed by atoms with Crippen molar-refractivity contribution < 1.29 is 24.2 Å². The third-order valence-electron chi connectivity index (χ3n) is 8.39. The molecule has 3 aliphatic heterocycles. The van der Waals surface area contributed by atoms with Gasteiger partial charge in [0.1, 0.15) is 6.04 Å². The molecule has 3 fully saturated rings. The molecule has 4 rings (SSSR count). The topological polar surface area (TPSA) is 87.1 Å². The molecule has 2 bridgehead atoms. The molecule has 1 N–H and O–H groups in total. The minimum atomic E-state index is -0.742. The number of fused-ring (bicyclic) bond motifs is 1. The molecule has 7 nitrogen and oxygen atoms in total. The Morgan fingerprint density at radius 2 is 1.95 bits per heavy atom. The largest absolute Gasteiger partial charge is 0.465 e. The Morgan fingerprint density at radius 3 is 2.58 bits per heavy atom.